The Labute approximate surface area is 136 Å². The molecule has 3 rings (SSSR count). The van der Waals surface area contributed by atoms with Crippen molar-refractivity contribution in [2.75, 3.05) is 6.61 Å². The van der Waals surface area contributed by atoms with Crippen molar-refractivity contribution in [2.24, 2.45) is 0 Å². The summed E-state index contributed by atoms with van der Waals surface area (Å²) in [6.07, 6.45) is 1.12. The fourth-order valence-corrected chi connectivity index (χ4v) is 3.83. The SMILES string of the molecule is O=C(C[C@H]1CCCO1)O[C@H](C(=O)c1cccs1)c1cccs1. The summed E-state index contributed by atoms with van der Waals surface area (Å²) in [5.74, 6) is -0.548. The molecule has 0 N–H and O–H groups in total. The predicted octanol–water partition coefficient (Wildman–Crippen LogP) is 3.85. The van der Waals surface area contributed by atoms with Gasteiger partial charge < -0.3 is 9.47 Å². The van der Waals surface area contributed by atoms with Gasteiger partial charge in [-0.3, -0.25) is 9.59 Å². The van der Waals surface area contributed by atoms with Gasteiger partial charge in [-0.1, -0.05) is 12.1 Å². The largest absolute Gasteiger partial charge is 0.448 e. The van der Waals surface area contributed by atoms with E-state index >= 15 is 0 Å². The Morgan fingerprint density at radius 3 is 2.73 bits per heavy atom. The van der Waals surface area contributed by atoms with Crippen molar-refractivity contribution in [3.63, 3.8) is 0 Å². The Hall–Kier alpha value is -1.50. The van der Waals surface area contributed by atoms with E-state index < -0.39 is 6.10 Å². The number of ketones is 1. The van der Waals surface area contributed by atoms with E-state index in [0.717, 1.165) is 17.7 Å². The van der Waals surface area contributed by atoms with Crippen LogP contribution in [0, 0.1) is 0 Å². The first kappa shape index (κ1) is 15.4. The summed E-state index contributed by atoms with van der Waals surface area (Å²) in [4.78, 5) is 26.1. The van der Waals surface area contributed by atoms with Crippen molar-refractivity contribution in [1.82, 2.24) is 0 Å². The van der Waals surface area contributed by atoms with Crippen LogP contribution < -0.4 is 0 Å². The molecule has 1 fully saturated rings. The molecule has 0 aliphatic carbocycles. The number of hydrogen-bond acceptors (Lipinski definition) is 6. The first-order valence-electron chi connectivity index (χ1n) is 7.16. The topological polar surface area (TPSA) is 52.6 Å². The Morgan fingerprint density at radius 1 is 1.27 bits per heavy atom. The molecule has 2 aromatic rings. The molecule has 1 saturated heterocycles. The van der Waals surface area contributed by atoms with Gasteiger partial charge in [0.15, 0.2) is 6.10 Å². The molecule has 0 unspecified atom stereocenters. The highest BCUT2D eigenvalue weighted by molar-refractivity contribution is 7.12. The average molecular weight is 336 g/mol. The number of carbonyl (C=O) groups is 2. The van der Waals surface area contributed by atoms with E-state index in [9.17, 15) is 9.59 Å². The molecule has 1 aliphatic heterocycles. The highest BCUT2D eigenvalue weighted by atomic mass is 32.1. The predicted molar refractivity (Wildman–Crippen MR) is 85.4 cm³/mol. The third-order valence-electron chi connectivity index (χ3n) is 3.47. The fraction of sp³-hybridized carbons (Fsp3) is 0.375. The molecule has 0 aromatic carbocycles. The minimum absolute atomic E-state index is 0.0756. The second-order valence-electron chi connectivity index (χ2n) is 5.07. The summed E-state index contributed by atoms with van der Waals surface area (Å²) in [5, 5.41) is 3.71. The fourth-order valence-electron chi connectivity index (χ4n) is 2.40. The molecule has 0 saturated carbocycles. The van der Waals surface area contributed by atoms with Crippen LogP contribution in [-0.4, -0.2) is 24.5 Å². The zero-order chi connectivity index (χ0) is 15.4. The first-order valence-corrected chi connectivity index (χ1v) is 8.92. The van der Waals surface area contributed by atoms with E-state index in [2.05, 4.69) is 0 Å². The Morgan fingerprint density at radius 2 is 2.09 bits per heavy atom. The number of thiophene rings is 2. The zero-order valence-electron chi connectivity index (χ0n) is 11.9. The maximum atomic E-state index is 12.6. The Kier molecular flexibility index (Phi) is 5.02. The molecule has 2 atom stereocenters. The quantitative estimate of drug-likeness (QED) is 0.594. The maximum Gasteiger partial charge on any atom is 0.309 e. The van der Waals surface area contributed by atoms with Crippen LogP contribution in [0.2, 0.25) is 0 Å². The van der Waals surface area contributed by atoms with Crippen molar-refractivity contribution in [2.45, 2.75) is 31.5 Å². The molecule has 0 amide bonds. The second-order valence-corrected chi connectivity index (χ2v) is 6.99. The molecule has 6 heteroatoms. The summed E-state index contributed by atoms with van der Waals surface area (Å²) < 4.78 is 10.9. The number of hydrogen-bond donors (Lipinski definition) is 0. The number of ether oxygens (including phenoxy) is 2. The first-order chi connectivity index (χ1) is 10.7. The minimum atomic E-state index is -0.854. The molecule has 4 nitrogen and oxygen atoms in total. The van der Waals surface area contributed by atoms with Gasteiger partial charge in [-0.2, -0.15) is 0 Å². The van der Waals surface area contributed by atoms with Gasteiger partial charge in [0.25, 0.3) is 0 Å². The molecule has 0 radical (unpaired) electrons. The Balaban J connectivity index is 1.71. The number of rotatable bonds is 6. The molecule has 0 spiro atoms. The van der Waals surface area contributed by atoms with Crippen molar-refractivity contribution in [1.29, 1.82) is 0 Å². The lowest BCUT2D eigenvalue weighted by Crippen LogP contribution is -2.22. The number of esters is 1. The Bertz CT molecular complexity index is 613. The molecular formula is C16H16O4S2. The van der Waals surface area contributed by atoms with Crippen molar-refractivity contribution >= 4 is 34.4 Å². The van der Waals surface area contributed by atoms with Crippen LogP contribution in [0.1, 0.15) is 39.9 Å². The molecule has 22 heavy (non-hydrogen) atoms. The highest BCUT2D eigenvalue weighted by Gasteiger charge is 2.29. The molecule has 116 valence electrons. The lowest BCUT2D eigenvalue weighted by Gasteiger charge is -2.16. The van der Waals surface area contributed by atoms with Crippen molar-refractivity contribution < 1.29 is 19.1 Å². The summed E-state index contributed by atoms with van der Waals surface area (Å²) in [5.41, 5.74) is 0. The van der Waals surface area contributed by atoms with Crippen molar-refractivity contribution in [3.8, 4) is 0 Å². The standard InChI is InChI=1S/C16H16O4S2/c17-14(10-11-4-1-7-19-11)20-16(13-6-3-9-22-13)15(18)12-5-2-8-21-12/h2-3,5-6,8-9,11,16H,1,4,7,10H2/t11-,16+/m1/s1. The van der Waals surface area contributed by atoms with Gasteiger partial charge in [0.2, 0.25) is 5.78 Å². The number of Topliss-reactive ketones (excluding diaryl/α,β-unsaturated/α-hetero) is 1. The van der Waals surface area contributed by atoms with Crippen LogP contribution in [0.3, 0.4) is 0 Å². The minimum Gasteiger partial charge on any atom is -0.448 e. The van der Waals surface area contributed by atoms with E-state index in [1.165, 1.54) is 22.7 Å². The van der Waals surface area contributed by atoms with Gasteiger partial charge in [-0.05, 0) is 35.7 Å². The zero-order valence-corrected chi connectivity index (χ0v) is 13.5. The van der Waals surface area contributed by atoms with Crippen LogP contribution in [-0.2, 0) is 14.3 Å². The smallest absolute Gasteiger partial charge is 0.309 e. The normalized spacial score (nSPS) is 19.0. The number of carbonyl (C=O) groups excluding carboxylic acids is 2. The van der Waals surface area contributed by atoms with Crippen molar-refractivity contribution in [3.05, 3.63) is 44.8 Å². The molecule has 0 bridgehead atoms. The van der Waals surface area contributed by atoms with Gasteiger partial charge in [0.1, 0.15) is 0 Å². The van der Waals surface area contributed by atoms with E-state index in [4.69, 9.17) is 9.47 Å². The van der Waals surface area contributed by atoms with Gasteiger partial charge in [-0.15, -0.1) is 22.7 Å². The van der Waals surface area contributed by atoms with Crippen LogP contribution in [0.25, 0.3) is 0 Å². The summed E-state index contributed by atoms with van der Waals surface area (Å²) in [6, 6.07) is 7.24. The second kappa shape index (κ2) is 7.17. The summed E-state index contributed by atoms with van der Waals surface area (Å²) >= 11 is 2.77. The van der Waals surface area contributed by atoms with E-state index in [1.54, 1.807) is 6.07 Å². The van der Waals surface area contributed by atoms with Crippen LogP contribution in [0.15, 0.2) is 35.0 Å². The van der Waals surface area contributed by atoms with E-state index in [1.807, 2.05) is 29.0 Å². The average Bonchev–Trinajstić information content (AvgIpc) is 3.24. The lowest BCUT2D eigenvalue weighted by atomic mass is 10.1. The molecule has 1 aliphatic rings. The van der Waals surface area contributed by atoms with E-state index in [-0.39, 0.29) is 24.3 Å². The third-order valence-corrected chi connectivity index (χ3v) is 5.27. The van der Waals surface area contributed by atoms with Gasteiger partial charge >= 0.3 is 5.97 Å². The summed E-state index contributed by atoms with van der Waals surface area (Å²) in [7, 11) is 0. The maximum absolute atomic E-state index is 12.6. The van der Waals surface area contributed by atoms with Crippen LogP contribution >= 0.6 is 22.7 Å². The van der Waals surface area contributed by atoms with Crippen LogP contribution in [0.5, 0.6) is 0 Å². The molecular weight excluding hydrogens is 320 g/mol. The van der Waals surface area contributed by atoms with Crippen LogP contribution in [0.4, 0.5) is 0 Å². The van der Waals surface area contributed by atoms with Gasteiger partial charge in [-0.25, -0.2) is 0 Å². The van der Waals surface area contributed by atoms with E-state index in [0.29, 0.717) is 11.5 Å². The molecule has 3 heterocycles. The lowest BCUT2D eigenvalue weighted by molar-refractivity contribution is -0.149. The van der Waals surface area contributed by atoms with Gasteiger partial charge in [0.05, 0.1) is 22.3 Å². The third kappa shape index (κ3) is 3.63. The summed E-state index contributed by atoms with van der Waals surface area (Å²) in [6.45, 7) is 0.695. The monoisotopic (exact) mass is 336 g/mol. The highest BCUT2D eigenvalue weighted by Crippen LogP contribution is 2.29. The van der Waals surface area contributed by atoms with Gasteiger partial charge in [0, 0.05) is 6.61 Å². The molecule has 2 aromatic heterocycles.